The maximum atomic E-state index is 12.7. The van der Waals surface area contributed by atoms with Crippen molar-refractivity contribution in [3.63, 3.8) is 0 Å². The second-order valence-electron chi connectivity index (χ2n) is 13.8. The number of carbonyl (C=O) groups excluding carboxylic acids is 2. The number of esters is 2. The van der Waals surface area contributed by atoms with Gasteiger partial charge >= 0.3 is 17.6 Å². The largest absolute Gasteiger partial charge is 0.756 e. The van der Waals surface area contributed by atoms with Gasteiger partial charge in [-0.25, -0.2) is 4.63 Å². The highest BCUT2D eigenvalue weighted by Gasteiger charge is 2.22. The number of quaternary nitrogens is 1. The smallest absolute Gasteiger partial charge is 0.306 e. The lowest BCUT2D eigenvalue weighted by atomic mass is 10.1. The fraction of sp³-hybridized carbons (Fsp3) is 0.765. The first kappa shape index (κ1) is 44.0. The van der Waals surface area contributed by atoms with Crippen LogP contribution in [0.2, 0.25) is 0 Å². The molecular formula is C34H58N5O11P. The Morgan fingerprint density at radius 1 is 0.863 bits per heavy atom. The van der Waals surface area contributed by atoms with Crippen LogP contribution >= 0.6 is 7.82 Å². The summed E-state index contributed by atoms with van der Waals surface area (Å²) in [7, 11) is 0.987. The van der Waals surface area contributed by atoms with Gasteiger partial charge in [-0.1, -0.05) is 77.6 Å². The number of nitrogens with zero attached hydrogens (tertiary/aromatic N) is 4. The first-order chi connectivity index (χ1) is 24.3. The third-order valence-corrected chi connectivity index (χ3v) is 9.07. The molecule has 0 bridgehead atoms. The molecule has 0 radical (unpaired) electrons. The molecule has 0 amide bonds. The Morgan fingerprint density at radius 3 is 2.08 bits per heavy atom. The van der Waals surface area contributed by atoms with E-state index in [1.165, 1.54) is 57.1 Å². The van der Waals surface area contributed by atoms with Crippen LogP contribution in [0.25, 0.3) is 11.0 Å². The molecular weight excluding hydrogens is 685 g/mol. The van der Waals surface area contributed by atoms with E-state index in [9.17, 15) is 29.2 Å². The molecule has 0 saturated heterocycles. The molecule has 0 aliphatic heterocycles. The fourth-order valence-corrected chi connectivity index (χ4v) is 5.86. The number of likely N-dealkylation sites (N-methyl/N-ethyl adjacent to an activating group) is 1. The number of benzene rings is 1. The first-order valence-corrected chi connectivity index (χ1v) is 19.7. The molecule has 0 saturated carbocycles. The molecule has 1 N–H and O–H groups in total. The van der Waals surface area contributed by atoms with E-state index in [1.54, 1.807) is 0 Å². The van der Waals surface area contributed by atoms with Gasteiger partial charge in [0.25, 0.3) is 7.82 Å². The molecule has 1 unspecified atom stereocenters. The van der Waals surface area contributed by atoms with Crippen molar-refractivity contribution < 1.29 is 51.6 Å². The van der Waals surface area contributed by atoms with Gasteiger partial charge in [0.1, 0.15) is 19.8 Å². The van der Waals surface area contributed by atoms with E-state index in [0.717, 1.165) is 19.3 Å². The van der Waals surface area contributed by atoms with E-state index in [2.05, 4.69) is 27.2 Å². The monoisotopic (exact) mass is 743 g/mol. The SMILES string of the molecule is CCCCCCCCCCCCCC(=O)OC[C@H](COP(=O)([O-])OCC[N+](C)(C)C)OC(=O)CCCCCNc1ccc([N+](=O)[O-])c2nonc12. The maximum absolute atomic E-state index is 12.7. The van der Waals surface area contributed by atoms with Gasteiger partial charge in [0.15, 0.2) is 11.6 Å². The number of nitro benzene ring substituents is 1. The number of hydrogen-bond acceptors (Lipinski definition) is 14. The van der Waals surface area contributed by atoms with E-state index in [1.807, 2.05) is 21.1 Å². The number of anilines is 1. The number of hydrogen-bond donors (Lipinski definition) is 1. The van der Waals surface area contributed by atoms with Crippen LogP contribution in [0.5, 0.6) is 0 Å². The van der Waals surface area contributed by atoms with Crippen molar-refractivity contribution in [2.24, 2.45) is 0 Å². The van der Waals surface area contributed by atoms with Crippen LogP contribution in [0.15, 0.2) is 16.8 Å². The number of unbranched alkanes of at least 4 members (excludes halogenated alkanes) is 12. The molecule has 290 valence electrons. The van der Waals surface area contributed by atoms with Crippen LogP contribution in [0.3, 0.4) is 0 Å². The summed E-state index contributed by atoms with van der Waals surface area (Å²) in [4.78, 5) is 48.0. The highest BCUT2D eigenvalue weighted by molar-refractivity contribution is 7.45. The predicted molar refractivity (Wildman–Crippen MR) is 190 cm³/mol. The Hall–Kier alpha value is -3.17. The Labute approximate surface area is 301 Å². The third kappa shape index (κ3) is 19.9. The molecule has 51 heavy (non-hydrogen) atoms. The molecule has 0 fully saturated rings. The number of nitrogens with one attached hydrogen (secondary N) is 1. The molecule has 0 aliphatic carbocycles. The van der Waals surface area contributed by atoms with E-state index in [-0.39, 0.29) is 42.8 Å². The minimum absolute atomic E-state index is 0.0488. The summed E-state index contributed by atoms with van der Waals surface area (Å²) >= 11 is 0. The lowest BCUT2D eigenvalue weighted by molar-refractivity contribution is -0.870. The van der Waals surface area contributed by atoms with Crippen molar-refractivity contribution in [1.82, 2.24) is 10.3 Å². The molecule has 17 heteroatoms. The molecule has 1 aromatic heterocycles. The number of carbonyl (C=O) groups is 2. The summed E-state index contributed by atoms with van der Waals surface area (Å²) < 4.78 is 38.2. The van der Waals surface area contributed by atoms with Gasteiger partial charge in [0, 0.05) is 25.5 Å². The van der Waals surface area contributed by atoms with Crippen molar-refractivity contribution in [3.8, 4) is 0 Å². The number of non-ortho nitro benzene ring substituents is 1. The third-order valence-electron chi connectivity index (χ3n) is 8.11. The molecule has 0 aliphatic rings. The predicted octanol–water partition coefficient (Wildman–Crippen LogP) is 6.47. The van der Waals surface area contributed by atoms with Crippen molar-refractivity contribution in [1.29, 1.82) is 0 Å². The Morgan fingerprint density at radius 2 is 1.45 bits per heavy atom. The first-order valence-electron chi connectivity index (χ1n) is 18.2. The zero-order valence-corrected chi connectivity index (χ0v) is 31.7. The van der Waals surface area contributed by atoms with Gasteiger partial charge in [0.2, 0.25) is 5.52 Å². The van der Waals surface area contributed by atoms with Crippen LogP contribution in [-0.2, 0) is 32.7 Å². The highest BCUT2D eigenvalue weighted by Crippen LogP contribution is 2.38. The number of rotatable bonds is 30. The summed E-state index contributed by atoms with van der Waals surface area (Å²) in [5, 5.41) is 21.7. The minimum Gasteiger partial charge on any atom is -0.756 e. The quantitative estimate of drug-likeness (QED) is 0.0228. The van der Waals surface area contributed by atoms with Crippen molar-refractivity contribution in [3.05, 3.63) is 22.2 Å². The zero-order chi connectivity index (χ0) is 37.5. The zero-order valence-electron chi connectivity index (χ0n) is 30.8. The van der Waals surface area contributed by atoms with Crippen molar-refractivity contribution in [2.45, 2.75) is 116 Å². The van der Waals surface area contributed by atoms with Gasteiger partial charge in [0.05, 0.1) is 38.4 Å². The van der Waals surface area contributed by atoms with Crippen LogP contribution < -0.4 is 10.2 Å². The number of ether oxygens (including phenoxy) is 2. The number of fused-ring (bicyclic) bond motifs is 1. The maximum Gasteiger partial charge on any atom is 0.306 e. The second-order valence-corrected chi connectivity index (χ2v) is 15.2. The Kier molecular flexibility index (Phi) is 20.8. The van der Waals surface area contributed by atoms with E-state index < -0.39 is 37.4 Å². The summed E-state index contributed by atoms with van der Waals surface area (Å²) in [6.45, 7) is 2.16. The molecule has 16 nitrogen and oxygen atoms in total. The van der Waals surface area contributed by atoms with Crippen LogP contribution in [0.4, 0.5) is 11.4 Å². The van der Waals surface area contributed by atoms with E-state index >= 15 is 0 Å². The lowest BCUT2D eigenvalue weighted by Crippen LogP contribution is -2.37. The normalized spacial score (nSPS) is 13.5. The molecule has 2 rings (SSSR count). The van der Waals surface area contributed by atoms with Gasteiger partial charge in [-0.15, -0.1) is 0 Å². The summed E-state index contributed by atoms with van der Waals surface area (Å²) in [6, 6.07) is 2.86. The van der Waals surface area contributed by atoms with Crippen LogP contribution in [0.1, 0.15) is 110 Å². The molecule has 1 aromatic carbocycles. The lowest BCUT2D eigenvalue weighted by Gasteiger charge is -2.28. The average molecular weight is 744 g/mol. The number of phosphoric acid groups is 1. The molecule has 2 aromatic rings. The number of aromatic nitrogens is 2. The van der Waals surface area contributed by atoms with E-state index in [0.29, 0.717) is 48.9 Å². The second kappa shape index (κ2) is 24.1. The number of nitro groups is 1. The molecule has 1 heterocycles. The topological polar surface area (TPSA) is 205 Å². The van der Waals surface area contributed by atoms with E-state index in [4.69, 9.17) is 18.5 Å². The Balaban J connectivity index is 1.74. The van der Waals surface area contributed by atoms with Gasteiger partial charge < -0.3 is 33.2 Å². The highest BCUT2D eigenvalue weighted by atomic mass is 31.2. The standard InChI is InChI=1S/C34H58N5O11P/c1-5-6-7-8-9-10-11-12-13-14-16-19-31(40)46-26-28(27-48-51(44,45)47-25-24-39(2,3)4)49-32(41)20-17-15-18-23-35-29-21-22-30(38(42)43)34-33(29)36-50-37-34/h21-22,28H,5-20,23-27H2,1-4H3,(H-,35,37,44,45)/t28-/m1/s1. The molecule has 0 spiro atoms. The van der Waals surface area contributed by atoms with Crippen LogP contribution in [-0.4, -0.2) is 91.8 Å². The van der Waals surface area contributed by atoms with Gasteiger partial charge in [-0.2, -0.15) is 0 Å². The number of phosphoric ester groups is 1. The summed E-state index contributed by atoms with van der Waals surface area (Å²) in [5.41, 5.74) is 0.634. The average Bonchev–Trinajstić information content (AvgIpc) is 3.56. The molecule has 2 atom stereocenters. The van der Waals surface area contributed by atoms with Gasteiger partial charge in [-0.05, 0) is 35.6 Å². The minimum atomic E-state index is -4.69. The van der Waals surface area contributed by atoms with Gasteiger partial charge in [-0.3, -0.25) is 24.3 Å². The summed E-state index contributed by atoms with van der Waals surface area (Å²) in [5.74, 6) is -1.04. The van der Waals surface area contributed by atoms with Crippen molar-refractivity contribution >= 4 is 42.2 Å². The van der Waals surface area contributed by atoms with Crippen LogP contribution in [0, 0.1) is 10.1 Å². The fourth-order valence-electron chi connectivity index (χ4n) is 5.13. The van der Waals surface area contributed by atoms with Crippen molar-refractivity contribution in [2.75, 3.05) is 59.4 Å². The summed E-state index contributed by atoms with van der Waals surface area (Å²) in [6.07, 6.45) is 13.6. The Bertz CT molecular complexity index is 1370.